The van der Waals surface area contributed by atoms with E-state index in [2.05, 4.69) is 27.0 Å². The maximum atomic E-state index is 5.95. The number of ether oxygens (including phenoxy) is 1. The molecule has 0 bridgehead atoms. The number of rotatable bonds is 2. The topological polar surface area (TPSA) is 22.1 Å². The number of hydrogen-bond donors (Lipinski definition) is 0. The van der Waals surface area contributed by atoms with Crippen LogP contribution in [0.3, 0.4) is 0 Å². The SMILES string of the molecule is Cc1cc(Br)ccc1Oc1nccc2ccccc12. The highest BCUT2D eigenvalue weighted by Crippen LogP contribution is 2.30. The quantitative estimate of drug-likeness (QED) is 0.656. The minimum Gasteiger partial charge on any atom is -0.438 e. The molecule has 0 saturated heterocycles. The zero-order chi connectivity index (χ0) is 13.2. The van der Waals surface area contributed by atoms with E-state index in [-0.39, 0.29) is 0 Å². The molecule has 0 fully saturated rings. The average Bonchev–Trinajstić information content (AvgIpc) is 2.42. The molecule has 1 aromatic heterocycles. The van der Waals surface area contributed by atoms with Crippen molar-refractivity contribution >= 4 is 26.7 Å². The molecule has 1 heterocycles. The van der Waals surface area contributed by atoms with Crippen LogP contribution in [0.1, 0.15) is 5.56 Å². The van der Waals surface area contributed by atoms with Gasteiger partial charge in [0.15, 0.2) is 0 Å². The molecule has 0 aliphatic carbocycles. The third-order valence-electron chi connectivity index (χ3n) is 2.98. The van der Waals surface area contributed by atoms with Crippen molar-refractivity contribution in [2.24, 2.45) is 0 Å². The Balaban J connectivity index is 2.06. The highest BCUT2D eigenvalue weighted by molar-refractivity contribution is 9.10. The van der Waals surface area contributed by atoms with E-state index in [4.69, 9.17) is 4.74 Å². The highest BCUT2D eigenvalue weighted by atomic mass is 79.9. The fourth-order valence-corrected chi connectivity index (χ4v) is 2.48. The summed E-state index contributed by atoms with van der Waals surface area (Å²) in [5, 5.41) is 2.15. The second-order valence-electron chi connectivity index (χ2n) is 4.35. The van der Waals surface area contributed by atoms with Gasteiger partial charge in [0.1, 0.15) is 5.75 Å². The van der Waals surface area contributed by atoms with Crippen molar-refractivity contribution in [3.63, 3.8) is 0 Å². The number of aryl methyl sites for hydroxylation is 1. The predicted molar refractivity (Wildman–Crippen MR) is 80.7 cm³/mol. The lowest BCUT2D eigenvalue weighted by Crippen LogP contribution is -1.91. The van der Waals surface area contributed by atoms with Crippen LogP contribution in [0.4, 0.5) is 0 Å². The Hall–Kier alpha value is -1.87. The summed E-state index contributed by atoms with van der Waals surface area (Å²) < 4.78 is 6.99. The number of halogens is 1. The molecule has 3 rings (SSSR count). The molecule has 0 aliphatic heterocycles. The first-order chi connectivity index (χ1) is 9.24. The van der Waals surface area contributed by atoms with E-state index in [9.17, 15) is 0 Å². The van der Waals surface area contributed by atoms with Crippen molar-refractivity contribution in [2.75, 3.05) is 0 Å². The van der Waals surface area contributed by atoms with Crippen LogP contribution < -0.4 is 4.74 Å². The third-order valence-corrected chi connectivity index (χ3v) is 3.47. The molecule has 0 saturated carbocycles. The van der Waals surface area contributed by atoms with Gasteiger partial charge in [-0.3, -0.25) is 0 Å². The van der Waals surface area contributed by atoms with Crippen LogP contribution >= 0.6 is 15.9 Å². The van der Waals surface area contributed by atoms with Gasteiger partial charge < -0.3 is 4.74 Å². The van der Waals surface area contributed by atoms with E-state index in [1.165, 1.54) is 0 Å². The zero-order valence-corrected chi connectivity index (χ0v) is 12.0. The minimum atomic E-state index is 0.642. The summed E-state index contributed by atoms with van der Waals surface area (Å²) in [6.45, 7) is 2.02. The van der Waals surface area contributed by atoms with Gasteiger partial charge in [0.25, 0.3) is 0 Å². The molecule has 0 N–H and O–H groups in total. The first-order valence-corrected chi connectivity index (χ1v) is 6.81. The fourth-order valence-electron chi connectivity index (χ4n) is 2.00. The number of benzene rings is 2. The molecule has 94 valence electrons. The van der Waals surface area contributed by atoms with E-state index >= 15 is 0 Å². The highest BCUT2D eigenvalue weighted by Gasteiger charge is 2.06. The van der Waals surface area contributed by atoms with Gasteiger partial charge in [-0.05, 0) is 48.2 Å². The molecule has 3 heteroatoms. The van der Waals surface area contributed by atoms with Gasteiger partial charge in [0, 0.05) is 16.1 Å². The molecule has 0 atom stereocenters. The summed E-state index contributed by atoms with van der Waals surface area (Å²) in [5.74, 6) is 1.47. The van der Waals surface area contributed by atoms with E-state index in [1.807, 2.05) is 49.4 Å². The smallest absolute Gasteiger partial charge is 0.227 e. The second-order valence-corrected chi connectivity index (χ2v) is 5.26. The van der Waals surface area contributed by atoms with Gasteiger partial charge >= 0.3 is 0 Å². The van der Waals surface area contributed by atoms with Crippen LogP contribution in [-0.2, 0) is 0 Å². The van der Waals surface area contributed by atoms with E-state index in [1.54, 1.807) is 6.20 Å². The van der Waals surface area contributed by atoms with Crippen LogP contribution in [0.2, 0.25) is 0 Å². The fraction of sp³-hybridized carbons (Fsp3) is 0.0625. The first kappa shape index (κ1) is 12.2. The molecule has 0 radical (unpaired) electrons. The summed E-state index contributed by atoms with van der Waals surface area (Å²) in [4.78, 5) is 4.33. The lowest BCUT2D eigenvalue weighted by molar-refractivity contribution is 0.465. The summed E-state index contributed by atoms with van der Waals surface area (Å²) in [6.07, 6.45) is 1.77. The van der Waals surface area contributed by atoms with Gasteiger partial charge in [-0.2, -0.15) is 0 Å². The lowest BCUT2D eigenvalue weighted by atomic mass is 10.2. The lowest BCUT2D eigenvalue weighted by Gasteiger charge is -2.10. The number of pyridine rings is 1. The normalized spacial score (nSPS) is 10.6. The van der Waals surface area contributed by atoms with Gasteiger partial charge in [-0.25, -0.2) is 4.98 Å². The number of fused-ring (bicyclic) bond motifs is 1. The van der Waals surface area contributed by atoms with Gasteiger partial charge in [-0.1, -0.05) is 34.1 Å². The molecule has 0 spiro atoms. The maximum Gasteiger partial charge on any atom is 0.227 e. The van der Waals surface area contributed by atoms with Crippen LogP contribution in [0.5, 0.6) is 11.6 Å². The van der Waals surface area contributed by atoms with Gasteiger partial charge in [0.05, 0.1) is 0 Å². The Bertz CT molecular complexity index is 734. The molecule has 2 nitrogen and oxygen atoms in total. The predicted octanol–water partition coefficient (Wildman–Crippen LogP) is 5.10. The Morgan fingerprint density at radius 1 is 1.05 bits per heavy atom. The van der Waals surface area contributed by atoms with Crippen molar-refractivity contribution in [2.45, 2.75) is 6.92 Å². The van der Waals surface area contributed by atoms with Crippen LogP contribution in [-0.4, -0.2) is 4.98 Å². The average molecular weight is 314 g/mol. The van der Waals surface area contributed by atoms with Crippen LogP contribution in [0.15, 0.2) is 59.2 Å². The number of hydrogen-bond acceptors (Lipinski definition) is 2. The van der Waals surface area contributed by atoms with Crippen LogP contribution in [0, 0.1) is 6.92 Å². The Kier molecular flexibility index (Phi) is 3.22. The van der Waals surface area contributed by atoms with Crippen LogP contribution in [0.25, 0.3) is 10.8 Å². The summed E-state index contributed by atoms with van der Waals surface area (Å²) in [6, 6.07) is 16.0. The molecule has 2 aromatic carbocycles. The zero-order valence-electron chi connectivity index (χ0n) is 10.4. The van der Waals surface area contributed by atoms with Gasteiger partial charge in [-0.15, -0.1) is 0 Å². The third kappa shape index (κ3) is 2.47. The first-order valence-electron chi connectivity index (χ1n) is 6.02. The van der Waals surface area contributed by atoms with Crippen molar-refractivity contribution in [3.8, 4) is 11.6 Å². The van der Waals surface area contributed by atoms with Gasteiger partial charge in [0.2, 0.25) is 5.88 Å². The second kappa shape index (κ2) is 5.02. The van der Waals surface area contributed by atoms with Crippen molar-refractivity contribution < 1.29 is 4.74 Å². The van der Waals surface area contributed by atoms with E-state index in [0.717, 1.165) is 26.6 Å². The molecular formula is C16H12BrNO. The van der Waals surface area contributed by atoms with Crippen molar-refractivity contribution in [3.05, 3.63) is 64.8 Å². The van der Waals surface area contributed by atoms with Crippen molar-refractivity contribution in [1.82, 2.24) is 4.98 Å². The Labute approximate surface area is 120 Å². The minimum absolute atomic E-state index is 0.642. The molecular weight excluding hydrogens is 302 g/mol. The number of nitrogens with zero attached hydrogens (tertiary/aromatic N) is 1. The molecule has 0 amide bonds. The molecule has 0 unspecified atom stereocenters. The Morgan fingerprint density at radius 3 is 2.74 bits per heavy atom. The molecule has 3 aromatic rings. The Morgan fingerprint density at radius 2 is 1.89 bits per heavy atom. The summed E-state index contributed by atoms with van der Waals surface area (Å²) in [7, 11) is 0. The van der Waals surface area contributed by atoms with Crippen molar-refractivity contribution in [1.29, 1.82) is 0 Å². The van der Waals surface area contributed by atoms with E-state index < -0.39 is 0 Å². The molecule has 0 aliphatic rings. The summed E-state index contributed by atoms with van der Waals surface area (Å²) in [5.41, 5.74) is 1.07. The molecule has 19 heavy (non-hydrogen) atoms. The standard InChI is InChI=1S/C16H12BrNO/c1-11-10-13(17)6-7-15(11)19-16-14-5-3-2-4-12(14)8-9-18-16/h2-10H,1H3. The van der Waals surface area contributed by atoms with E-state index in [0.29, 0.717) is 5.88 Å². The maximum absolute atomic E-state index is 5.95. The number of aromatic nitrogens is 1. The monoisotopic (exact) mass is 313 g/mol. The largest absolute Gasteiger partial charge is 0.438 e. The summed E-state index contributed by atoms with van der Waals surface area (Å²) >= 11 is 3.45.